The molecule has 9 heteroatoms. The summed E-state index contributed by atoms with van der Waals surface area (Å²) in [7, 11) is 0. The third kappa shape index (κ3) is 5.85. The average molecular weight is 627 g/mol. The van der Waals surface area contributed by atoms with Gasteiger partial charge in [-0.25, -0.2) is 9.36 Å². The Morgan fingerprint density at radius 1 is 0.681 bits per heavy atom. The third-order valence-corrected chi connectivity index (χ3v) is 9.59. The summed E-state index contributed by atoms with van der Waals surface area (Å²) in [4.78, 5) is 20.3. The van der Waals surface area contributed by atoms with E-state index >= 15 is 0 Å². The smallest absolute Gasteiger partial charge is 0.172 e. The first-order valence-corrected chi connectivity index (χ1v) is 16.6. The number of aromatic nitrogens is 6. The number of nitrogens with zero attached hydrogens (tertiary/aromatic N) is 6. The van der Waals surface area contributed by atoms with Crippen molar-refractivity contribution >= 4 is 27.6 Å². The molecule has 3 aliphatic rings. The first kappa shape index (κ1) is 29.7. The van der Waals surface area contributed by atoms with Crippen LogP contribution in [-0.2, 0) is 40.0 Å². The highest BCUT2D eigenvalue weighted by atomic mass is 16.7. The van der Waals surface area contributed by atoms with E-state index in [0.717, 1.165) is 83.1 Å². The molecule has 0 radical (unpaired) electrons. The van der Waals surface area contributed by atoms with E-state index in [9.17, 15) is 4.79 Å². The van der Waals surface area contributed by atoms with Crippen molar-refractivity contribution in [3.05, 3.63) is 107 Å². The lowest BCUT2D eigenvalue weighted by molar-refractivity contribution is -0.160. The number of rotatable bonds is 2. The second-order valence-electron chi connectivity index (χ2n) is 13.0. The van der Waals surface area contributed by atoms with Gasteiger partial charge in [0.1, 0.15) is 5.78 Å². The van der Waals surface area contributed by atoms with Crippen molar-refractivity contribution in [1.29, 1.82) is 0 Å². The molecule has 0 unspecified atom stereocenters. The van der Waals surface area contributed by atoms with Crippen molar-refractivity contribution in [2.75, 3.05) is 13.2 Å². The molecule has 6 aromatic rings. The van der Waals surface area contributed by atoms with Crippen LogP contribution in [0.25, 0.3) is 33.2 Å². The summed E-state index contributed by atoms with van der Waals surface area (Å²) in [5.74, 6) is -0.0628. The Morgan fingerprint density at radius 3 is 1.87 bits per heavy atom. The fourth-order valence-corrected chi connectivity index (χ4v) is 7.31. The third-order valence-electron chi connectivity index (χ3n) is 9.59. The normalized spacial score (nSPS) is 17.2. The molecule has 5 heterocycles. The first-order valence-electron chi connectivity index (χ1n) is 16.6. The SMILES string of the molecule is Cc1cc(-n2ncc3cc4c(cc32)CCCC(=O)C4)ccn1.Cc1cc(-n2ncc3cc4c(cc32)CCCC2(C4)OCCO2)ccn1. The summed E-state index contributed by atoms with van der Waals surface area (Å²) in [6.45, 7) is 5.39. The second kappa shape index (κ2) is 12.1. The summed E-state index contributed by atoms with van der Waals surface area (Å²) < 4.78 is 15.9. The summed E-state index contributed by atoms with van der Waals surface area (Å²) in [5.41, 5.74) is 11.4. The van der Waals surface area contributed by atoms with Gasteiger partial charge >= 0.3 is 0 Å². The number of benzene rings is 2. The molecule has 9 rings (SSSR count). The Bertz CT molecular complexity index is 2120. The molecule has 2 aromatic carbocycles. The molecule has 1 spiro atoms. The fraction of sp³-hybridized carbons (Fsp3) is 0.342. The first-order chi connectivity index (χ1) is 22.9. The maximum atomic E-state index is 11.8. The van der Waals surface area contributed by atoms with Gasteiger partial charge in [0.25, 0.3) is 0 Å². The number of fused-ring (bicyclic) bond motifs is 4. The molecule has 2 aliphatic carbocycles. The highest BCUT2D eigenvalue weighted by molar-refractivity contribution is 5.87. The quantitative estimate of drug-likeness (QED) is 0.202. The molecular formula is C38H38N6O3. The van der Waals surface area contributed by atoms with Crippen LogP contribution in [0.5, 0.6) is 0 Å². The second-order valence-corrected chi connectivity index (χ2v) is 13.0. The maximum Gasteiger partial charge on any atom is 0.172 e. The predicted molar refractivity (Wildman–Crippen MR) is 180 cm³/mol. The number of carbonyl (C=O) groups excluding carboxylic acids is 1. The van der Waals surface area contributed by atoms with Gasteiger partial charge in [0, 0.05) is 60.2 Å². The zero-order chi connectivity index (χ0) is 32.0. The summed E-state index contributed by atoms with van der Waals surface area (Å²) in [5, 5.41) is 11.4. The molecular weight excluding hydrogens is 588 g/mol. The van der Waals surface area contributed by atoms with Gasteiger partial charge < -0.3 is 9.47 Å². The van der Waals surface area contributed by atoms with E-state index in [-0.39, 0.29) is 0 Å². The Morgan fingerprint density at radius 2 is 1.26 bits per heavy atom. The standard InChI is InChI=1S/C20H21N3O2.C18H17N3O/c1-14-9-18(4-6-21-14)23-19-11-15-3-2-5-20(24-7-8-25-20)12-16(15)10-17(19)13-22-23;1-12-7-16(5-6-19-12)21-18-10-13-3-2-4-17(22)9-14(13)8-15(18)11-20-21/h4,6,9-11,13H,2-3,5,7-8,12H2,1H3;5-8,10-11H,2-4,9H2,1H3. The van der Waals surface area contributed by atoms with E-state index in [1.54, 1.807) is 6.20 Å². The minimum Gasteiger partial charge on any atom is -0.347 e. The predicted octanol–water partition coefficient (Wildman–Crippen LogP) is 6.53. The minimum absolute atomic E-state index is 0.343. The van der Waals surface area contributed by atoms with E-state index in [4.69, 9.17) is 9.47 Å². The number of ether oxygens (including phenoxy) is 2. The molecule has 1 aliphatic heterocycles. The highest BCUT2D eigenvalue weighted by Crippen LogP contribution is 2.36. The van der Waals surface area contributed by atoms with Gasteiger partial charge in [-0.15, -0.1) is 0 Å². The number of pyridine rings is 2. The molecule has 0 bridgehead atoms. The zero-order valence-corrected chi connectivity index (χ0v) is 26.9. The van der Waals surface area contributed by atoms with Crippen LogP contribution in [0.1, 0.15) is 59.3 Å². The van der Waals surface area contributed by atoms with Crippen LogP contribution in [0.15, 0.2) is 73.3 Å². The molecule has 0 N–H and O–H groups in total. The van der Waals surface area contributed by atoms with Gasteiger partial charge in [0.2, 0.25) is 0 Å². The Hall–Kier alpha value is -4.73. The van der Waals surface area contributed by atoms with Crippen molar-refractivity contribution in [1.82, 2.24) is 29.5 Å². The summed E-state index contributed by atoms with van der Waals surface area (Å²) >= 11 is 0. The molecule has 0 amide bonds. The largest absolute Gasteiger partial charge is 0.347 e. The van der Waals surface area contributed by atoms with Crippen molar-refractivity contribution in [2.45, 2.75) is 71.0 Å². The van der Waals surface area contributed by atoms with Crippen LogP contribution in [-0.4, -0.2) is 54.3 Å². The Balaban J connectivity index is 0.000000139. The van der Waals surface area contributed by atoms with Gasteiger partial charge in [-0.05, 0) is 110 Å². The van der Waals surface area contributed by atoms with Crippen LogP contribution < -0.4 is 0 Å². The molecule has 1 fully saturated rings. The topological polar surface area (TPSA) is 97.0 Å². The monoisotopic (exact) mass is 626 g/mol. The van der Waals surface area contributed by atoms with E-state index in [2.05, 4.69) is 50.5 Å². The van der Waals surface area contributed by atoms with Gasteiger partial charge in [-0.2, -0.15) is 10.2 Å². The van der Waals surface area contributed by atoms with Gasteiger partial charge in [-0.3, -0.25) is 14.8 Å². The van der Waals surface area contributed by atoms with Gasteiger partial charge in [0.15, 0.2) is 5.79 Å². The van der Waals surface area contributed by atoms with E-state index < -0.39 is 5.79 Å². The van der Waals surface area contributed by atoms with Crippen LogP contribution in [0.3, 0.4) is 0 Å². The van der Waals surface area contributed by atoms with E-state index in [1.807, 2.05) is 60.0 Å². The Kier molecular flexibility index (Phi) is 7.66. The van der Waals surface area contributed by atoms with Crippen LogP contribution in [0.2, 0.25) is 0 Å². The number of hydrogen-bond acceptors (Lipinski definition) is 7. The number of hydrogen-bond donors (Lipinski definition) is 0. The molecule has 238 valence electrons. The fourth-order valence-electron chi connectivity index (χ4n) is 7.31. The number of aryl methyl sites for hydroxylation is 4. The lowest BCUT2D eigenvalue weighted by Gasteiger charge is -2.25. The minimum atomic E-state index is -0.406. The number of carbonyl (C=O) groups is 1. The number of ketones is 1. The number of Topliss-reactive ketones (excluding diaryl/α,β-unsaturated/α-hetero) is 1. The van der Waals surface area contributed by atoms with Crippen molar-refractivity contribution < 1.29 is 14.3 Å². The summed E-state index contributed by atoms with van der Waals surface area (Å²) in [6, 6.07) is 16.9. The van der Waals surface area contributed by atoms with Crippen molar-refractivity contribution in [2.24, 2.45) is 0 Å². The summed E-state index contributed by atoms with van der Waals surface area (Å²) in [6.07, 6.45) is 14.6. The highest BCUT2D eigenvalue weighted by Gasteiger charge is 2.38. The van der Waals surface area contributed by atoms with Crippen LogP contribution in [0.4, 0.5) is 0 Å². The lowest BCUT2D eigenvalue weighted by Crippen LogP contribution is -2.32. The molecule has 1 saturated heterocycles. The van der Waals surface area contributed by atoms with Crippen molar-refractivity contribution in [3.63, 3.8) is 0 Å². The zero-order valence-electron chi connectivity index (χ0n) is 26.9. The maximum absolute atomic E-state index is 11.8. The average Bonchev–Trinajstić information content (AvgIpc) is 3.74. The molecule has 9 nitrogen and oxygen atoms in total. The lowest BCUT2D eigenvalue weighted by atomic mass is 9.99. The molecule has 0 atom stereocenters. The van der Waals surface area contributed by atoms with Gasteiger partial charge in [0.05, 0.1) is 48.0 Å². The van der Waals surface area contributed by atoms with E-state index in [0.29, 0.717) is 31.8 Å². The van der Waals surface area contributed by atoms with Crippen LogP contribution >= 0.6 is 0 Å². The molecule has 0 saturated carbocycles. The molecule has 4 aromatic heterocycles. The van der Waals surface area contributed by atoms with Gasteiger partial charge in [-0.1, -0.05) is 0 Å². The van der Waals surface area contributed by atoms with Crippen molar-refractivity contribution in [3.8, 4) is 11.4 Å². The molecule has 47 heavy (non-hydrogen) atoms. The van der Waals surface area contributed by atoms with Crippen LogP contribution in [0, 0.1) is 13.8 Å². The Labute approximate surface area is 273 Å². The van der Waals surface area contributed by atoms with E-state index in [1.165, 1.54) is 22.3 Å².